The molecule has 0 saturated carbocycles. The summed E-state index contributed by atoms with van der Waals surface area (Å²) in [4.78, 5) is 15.8. The number of anilines is 1. The van der Waals surface area contributed by atoms with Crippen molar-refractivity contribution in [2.75, 3.05) is 31.1 Å². The van der Waals surface area contributed by atoms with Gasteiger partial charge in [0, 0.05) is 36.9 Å². The van der Waals surface area contributed by atoms with Gasteiger partial charge in [0.25, 0.3) is 0 Å². The molecule has 1 heterocycles. The molecule has 1 fully saturated rings. The second-order valence-corrected chi connectivity index (χ2v) is 6.23. The van der Waals surface area contributed by atoms with E-state index in [9.17, 15) is 14.3 Å². The maximum Gasteiger partial charge on any atom is 0.325 e. The Bertz CT molecular complexity index is 715. The number of benzene rings is 2. The van der Waals surface area contributed by atoms with Crippen molar-refractivity contribution in [3.8, 4) is 0 Å². The van der Waals surface area contributed by atoms with Crippen molar-refractivity contribution in [1.82, 2.24) is 4.90 Å². The van der Waals surface area contributed by atoms with Crippen LogP contribution in [0.25, 0.3) is 0 Å². The zero-order valence-corrected chi connectivity index (χ0v) is 13.8. The van der Waals surface area contributed by atoms with E-state index in [1.54, 1.807) is 36.4 Å². The summed E-state index contributed by atoms with van der Waals surface area (Å²) in [5.41, 5.74) is 1.64. The molecule has 0 unspecified atom stereocenters. The molecule has 6 heteroatoms. The Balaban J connectivity index is 1.72. The first-order valence-corrected chi connectivity index (χ1v) is 8.15. The average Bonchev–Trinajstić information content (AvgIpc) is 2.56. The Labute approximate surface area is 145 Å². The van der Waals surface area contributed by atoms with Gasteiger partial charge in [-0.15, -0.1) is 0 Å². The summed E-state index contributed by atoms with van der Waals surface area (Å²) in [5.74, 6) is -1.14. The predicted molar refractivity (Wildman–Crippen MR) is 92.0 cm³/mol. The van der Waals surface area contributed by atoms with E-state index in [1.807, 2.05) is 4.90 Å². The normalized spacial score (nSPS) is 16.8. The smallest absolute Gasteiger partial charge is 0.325 e. The summed E-state index contributed by atoms with van der Waals surface area (Å²) >= 11 is 6.00. The van der Waals surface area contributed by atoms with E-state index in [1.165, 1.54) is 12.1 Å². The first kappa shape index (κ1) is 16.7. The third kappa shape index (κ3) is 3.68. The van der Waals surface area contributed by atoms with Crippen LogP contribution in [0.1, 0.15) is 11.6 Å². The minimum absolute atomic E-state index is 0.260. The fourth-order valence-electron chi connectivity index (χ4n) is 3.08. The number of carboxylic acids is 1. The third-order valence-electron chi connectivity index (χ3n) is 4.27. The van der Waals surface area contributed by atoms with E-state index in [4.69, 9.17) is 11.6 Å². The van der Waals surface area contributed by atoms with E-state index in [2.05, 4.69) is 4.90 Å². The Kier molecular flexibility index (Phi) is 5.02. The number of hydrogen-bond donors (Lipinski definition) is 1. The molecule has 2 aromatic carbocycles. The Morgan fingerprint density at radius 1 is 1.08 bits per heavy atom. The molecule has 0 aromatic heterocycles. The van der Waals surface area contributed by atoms with Crippen LogP contribution in [-0.4, -0.2) is 42.2 Å². The number of rotatable bonds is 4. The molecule has 0 radical (unpaired) electrons. The first-order chi connectivity index (χ1) is 11.5. The SMILES string of the molecule is O=C(O)[C@H](c1cccc(Cl)c1)N1CCN(c2ccc(F)cc2)CC1. The molecule has 1 aliphatic heterocycles. The van der Waals surface area contributed by atoms with Crippen LogP contribution < -0.4 is 4.90 Å². The standard InChI is InChI=1S/C18H18ClFN2O2/c19-14-3-1-2-13(12-14)17(18(23)24)22-10-8-21(9-11-22)16-6-4-15(20)5-7-16/h1-7,12,17H,8-11H2,(H,23,24)/t17-/m0/s1. The van der Waals surface area contributed by atoms with Crippen molar-refractivity contribution in [2.45, 2.75) is 6.04 Å². The Morgan fingerprint density at radius 2 is 1.75 bits per heavy atom. The quantitative estimate of drug-likeness (QED) is 0.919. The van der Waals surface area contributed by atoms with E-state index < -0.39 is 12.0 Å². The summed E-state index contributed by atoms with van der Waals surface area (Å²) in [7, 11) is 0. The molecule has 0 bridgehead atoms. The van der Waals surface area contributed by atoms with Gasteiger partial charge in [-0.2, -0.15) is 0 Å². The number of carboxylic acid groups (broad SMARTS) is 1. The van der Waals surface area contributed by atoms with Gasteiger partial charge in [-0.1, -0.05) is 23.7 Å². The van der Waals surface area contributed by atoms with Crippen LogP contribution in [-0.2, 0) is 4.79 Å². The first-order valence-electron chi connectivity index (χ1n) is 7.77. The molecule has 1 saturated heterocycles. The lowest BCUT2D eigenvalue weighted by molar-refractivity contribution is -0.143. The van der Waals surface area contributed by atoms with Gasteiger partial charge in [0.15, 0.2) is 0 Å². The van der Waals surface area contributed by atoms with Crippen LogP contribution in [0.3, 0.4) is 0 Å². The number of nitrogens with zero attached hydrogens (tertiary/aromatic N) is 2. The van der Waals surface area contributed by atoms with Gasteiger partial charge in [-0.05, 0) is 42.0 Å². The minimum atomic E-state index is -0.882. The predicted octanol–water partition coefficient (Wildman–Crippen LogP) is 3.43. The van der Waals surface area contributed by atoms with Crippen LogP contribution in [0, 0.1) is 5.82 Å². The van der Waals surface area contributed by atoms with E-state index in [0.717, 1.165) is 5.69 Å². The van der Waals surface area contributed by atoms with Crippen LogP contribution in [0.4, 0.5) is 10.1 Å². The van der Waals surface area contributed by atoms with Gasteiger partial charge < -0.3 is 10.0 Å². The number of piperazine rings is 1. The summed E-state index contributed by atoms with van der Waals surface area (Å²) in [5, 5.41) is 10.2. The van der Waals surface area contributed by atoms with Gasteiger partial charge in [0.2, 0.25) is 0 Å². The van der Waals surface area contributed by atoms with Crippen molar-refractivity contribution >= 4 is 23.3 Å². The van der Waals surface area contributed by atoms with Crippen molar-refractivity contribution in [2.24, 2.45) is 0 Å². The summed E-state index contributed by atoms with van der Waals surface area (Å²) < 4.78 is 13.0. The molecule has 0 spiro atoms. The number of hydrogen-bond acceptors (Lipinski definition) is 3. The molecule has 4 nitrogen and oxygen atoms in total. The second kappa shape index (κ2) is 7.20. The maximum absolute atomic E-state index is 13.0. The molecule has 1 N–H and O–H groups in total. The zero-order valence-electron chi connectivity index (χ0n) is 13.0. The summed E-state index contributed by atoms with van der Waals surface area (Å²) in [6.45, 7) is 2.60. The topological polar surface area (TPSA) is 43.8 Å². The highest BCUT2D eigenvalue weighted by Crippen LogP contribution is 2.26. The lowest BCUT2D eigenvalue weighted by Gasteiger charge is -2.39. The summed E-state index contributed by atoms with van der Waals surface area (Å²) in [6, 6.07) is 12.6. The van der Waals surface area contributed by atoms with Crippen molar-refractivity contribution in [3.05, 3.63) is 64.9 Å². The Hall–Kier alpha value is -2.11. The molecule has 0 aliphatic carbocycles. The molecule has 126 valence electrons. The molecule has 1 atom stereocenters. The van der Waals surface area contributed by atoms with E-state index in [0.29, 0.717) is 36.8 Å². The van der Waals surface area contributed by atoms with Gasteiger partial charge >= 0.3 is 5.97 Å². The van der Waals surface area contributed by atoms with Crippen molar-refractivity contribution < 1.29 is 14.3 Å². The van der Waals surface area contributed by atoms with Crippen molar-refractivity contribution in [1.29, 1.82) is 0 Å². The van der Waals surface area contributed by atoms with Crippen LogP contribution in [0.2, 0.25) is 5.02 Å². The molecule has 2 aromatic rings. The minimum Gasteiger partial charge on any atom is -0.480 e. The Morgan fingerprint density at radius 3 is 2.33 bits per heavy atom. The lowest BCUT2D eigenvalue weighted by atomic mass is 10.0. The number of halogens is 2. The monoisotopic (exact) mass is 348 g/mol. The summed E-state index contributed by atoms with van der Waals surface area (Å²) in [6.07, 6.45) is 0. The average molecular weight is 349 g/mol. The largest absolute Gasteiger partial charge is 0.480 e. The second-order valence-electron chi connectivity index (χ2n) is 5.80. The van der Waals surface area contributed by atoms with Gasteiger partial charge in [0.05, 0.1) is 0 Å². The lowest BCUT2D eigenvalue weighted by Crippen LogP contribution is -2.49. The molecule has 24 heavy (non-hydrogen) atoms. The van der Waals surface area contributed by atoms with Crippen LogP contribution in [0.5, 0.6) is 0 Å². The van der Waals surface area contributed by atoms with Crippen molar-refractivity contribution in [3.63, 3.8) is 0 Å². The molecule has 3 rings (SSSR count). The fraction of sp³-hybridized carbons (Fsp3) is 0.278. The highest BCUT2D eigenvalue weighted by atomic mass is 35.5. The number of aliphatic carboxylic acids is 1. The van der Waals surface area contributed by atoms with Gasteiger partial charge in [0.1, 0.15) is 11.9 Å². The number of carbonyl (C=O) groups is 1. The highest BCUT2D eigenvalue weighted by molar-refractivity contribution is 6.30. The van der Waals surface area contributed by atoms with Crippen LogP contribution >= 0.6 is 11.6 Å². The molecular weight excluding hydrogens is 331 g/mol. The molecule has 0 amide bonds. The van der Waals surface area contributed by atoms with Crippen LogP contribution in [0.15, 0.2) is 48.5 Å². The fourth-order valence-corrected chi connectivity index (χ4v) is 3.28. The van der Waals surface area contributed by atoms with Gasteiger partial charge in [-0.3, -0.25) is 9.69 Å². The third-order valence-corrected chi connectivity index (χ3v) is 4.50. The van der Waals surface area contributed by atoms with Gasteiger partial charge in [-0.25, -0.2) is 4.39 Å². The van der Waals surface area contributed by atoms with E-state index in [-0.39, 0.29) is 5.82 Å². The molecular formula is C18H18ClFN2O2. The zero-order chi connectivity index (χ0) is 17.1. The highest BCUT2D eigenvalue weighted by Gasteiger charge is 2.30. The maximum atomic E-state index is 13.0. The van der Waals surface area contributed by atoms with E-state index >= 15 is 0 Å². The molecule has 1 aliphatic rings.